The number of hydrogen-bond donors (Lipinski definition) is 1. The van der Waals surface area contributed by atoms with Crippen molar-refractivity contribution in [3.8, 4) is 11.8 Å². The van der Waals surface area contributed by atoms with Crippen molar-refractivity contribution in [2.24, 2.45) is 0 Å². The monoisotopic (exact) mass is 250 g/mol. The lowest BCUT2D eigenvalue weighted by molar-refractivity contribution is 0.109. The van der Waals surface area contributed by atoms with E-state index in [1.54, 1.807) is 11.3 Å². The van der Waals surface area contributed by atoms with Crippen LogP contribution in [0.1, 0.15) is 57.2 Å². The van der Waals surface area contributed by atoms with Crippen LogP contribution in [0, 0.1) is 11.8 Å². The second-order valence-corrected chi connectivity index (χ2v) is 5.61. The predicted molar refractivity (Wildman–Crippen MR) is 75.2 cm³/mol. The summed E-state index contributed by atoms with van der Waals surface area (Å²) in [4.78, 5) is 1.02. The molecule has 1 aromatic rings. The van der Waals surface area contributed by atoms with Gasteiger partial charge in [-0.1, -0.05) is 50.5 Å². The molecule has 1 nitrogen and oxygen atoms in total. The van der Waals surface area contributed by atoms with Crippen molar-refractivity contribution in [1.82, 2.24) is 0 Å². The molecule has 0 aliphatic carbocycles. The van der Waals surface area contributed by atoms with Gasteiger partial charge in [-0.3, -0.25) is 0 Å². The summed E-state index contributed by atoms with van der Waals surface area (Å²) in [5.74, 6) is 6.00. The molecule has 0 bridgehead atoms. The Morgan fingerprint density at radius 1 is 1.29 bits per heavy atom. The van der Waals surface area contributed by atoms with Crippen molar-refractivity contribution >= 4 is 11.3 Å². The molecule has 1 aromatic heterocycles. The van der Waals surface area contributed by atoms with Gasteiger partial charge in [-0.15, -0.1) is 11.3 Å². The van der Waals surface area contributed by atoms with E-state index in [4.69, 9.17) is 0 Å². The van der Waals surface area contributed by atoms with Crippen molar-refractivity contribution in [2.75, 3.05) is 0 Å². The van der Waals surface area contributed by atoms with Gasteiger partial charge in [-0.05, 0) is 31.2 Å². The van der Waals surface area contributed by atoms with Crippen molar-refractivity contribution in [2.45, 2.75) is 58.0 Å². The second kappa shape index (κ2) is 7.53. The summed E-state index contributed by atoms with van der Waals surface area (Å²) >= 11 is 1.61. The van der Waals surface area contributed by atoms with Gasteiger partial charge in [0.1, 0.15) is 5.60 Å². The Hall–Kier alpha value is -0.780. The summed E-state index contributed by atoms with van der Waals surface area (Å²) in [6.07, 6.45) is 6.86. The molecule has 2 heteroatoms. The zero-order valence-corrected chi connectivity index (χ0v) is 11.6. The molecule has 0 aliphatic rings. The molecule has 0 fully saturated rings. The quantitative estimate of drug-likeness (QED) is 0.592. The van der Waals surface area contributed by atoms with E-state index in [1.165, 1.54) is 25.7 Å². The van der Waals surface area contributed by atoms with Gasteiger partial charge in [0.25, 0.3) is 0 Å². The number of hydrogen-bond acceptors (Lipinski definition) is 2. The standard InChI is InChI=1S/C15H22OS/c1-3-4-5-6-7-11-15(2,16)12-10-14-9-8-13-17-14/h8-9,13,16H,3-7,11H2,1-2H3. The van der Waals surface area contributed by atoms with Crippen LogP contribution in [0.25, 0.3) is 0 Å². The highest BCUT2D eigenvalue weighted by atomic mass is 32.1. The third-order valence-electron chi connectivity index (χ3n) is 2.74. The van der Waals surface area contributed by atoms with Crippen LogP contribution >= 0.6 is 11.3 Å². The Morgan fingerprint density at radius 3 is 2.71 bits per heavy atom. The number of unbranched alkanes of at least 4 members (excludes halogenated alkanes) is 4. The Kier molecular flexibility index (Phi) is 6.32. The molecule has 17 heavy (non-hydrogen) atoms. The lowest BCUT2D eigenvalue weighted by Crippen LogP contribution is -2.21. The molecule has 0 saturated carbocycles. The molecule has 0 aliphatic heterocycles. The normalized spacial score (nSPS) is 13.8. The summed E-state index contributed by atoms with van der Waals surface area (Å²) in [7, 11) is 0. The minimum absolute atomic E-state index is 0.773. The van der Waals surface area contributed by atoms with Crippen molar-refractivity contribution in [1.29, 1.82) is 0 Å². The summed E-state index contributed by atoms with van der Waals surface area (Å²) in [5.41, 5.74) is -0.837. The Balaban J connectivity index is 2.30. The van der Waals surface area contributed by atoms with Gasteiger partial charge in [0.2, 0.25) is 0 Å². The van der Waals surface area contributed by atoms with Gasteiger partial charge in [0.05, 0.1) is 4.88 Å². The SMILES string of the molecule is CCCCCCCC(C)(O)C#Cc1cccs1. The largest absolute Gasteiger partial charge is 0.378 e. The maximum Gasteiger partial charge on any atom is 0.123 e. The van der Waals surface area contributed by atoms with Crippen LogP contribution in [0.2, 0.25) is 0 Å². The number of thiophene rings is 1. The van der Waals surface area contributed by atoms with E-state index in [0.717, 1.165) is 17.7 Å². The average molecular weight is 250 g/mol. The lowest BCUT2D eigenvalue weighted by Gasteiger charge is -2.15. The van der Waals surface area contributed by atoms with E-state index in [-0.39, 0.29) is 0 Å². The van der Waals surface area contributed by atoms with Crippen molar-refractivity contribution in [3.63, 3.8) is 0 Å². The fourth-order valence-electron chi connectivity index (χ4n) is 1.68. The van der Waals surface area contributed by atoms with Crippen molar-refractivity contribution < 1.29 is 5.11 Å². The molecule has 0 spiro atoms. The molecule has 1 atom stereocenters. The van der Waals surface area contributed by atoms with Crippen LogP contribution in [0.5, 0.6) is 0 Å². The zero-order valence-electron chi connectivity index (χ0n) is 10.8. The molecule has 1 rings (SSSR count). The van der Waals surface area contributed by atoms with Crippen LogP contribution in [-0.4, -0.2) is 10.7 Å². The zero-order chi connectivity index (χ0) is 12.6. The molecule has 0 aromatic carbocycles. The predicted octanol–water partition coefficient (Wildman–Crippen LogP) is 4.21. The highest BCUT2D eigenvalue weighted by Gasteiger charge is 2.15. The highest BCUT2D eigenvalue weighted by molar-refractivity contribution is 7.10. The average Bonchev–Trinajstić information content (AvgIpc) is 2.79. The Morgan fingerprint density at radius 2 is 2.06 bits per heavy atom. The summed E-state index contributed by atoms with van der Waals surface area (Å²) in [6, 6.07) is 3.96. The molecule has 1 N–H and O–H groups in total. The fourth-order valence-corrected chi connectivity index (χ4v) is 2.25. The first-order chi connectivity index (χ1) is 8.14. The molecule has 0 amide bonds. The van der Waals surface area contributed by atoms with E-state index < -0.39 is 5.60 Å². The van der Waals surface area contributed by atoms with Gasteiger partial charge in [-0.25, -0.2) is 0 Å². The first kappa shape index (κ1) is 14.3. The third kappa shape index (κ3) is 6.51. The van der Waals surface area contributed by atoms with Gasteiger partial charge in [-0.2, -0.15) is 0 Å². The summed E-state index contributed by atoms with van der Waals surface area (Å²) < 4.78 is 0. The number of aliphatic hydroxyl groups is 1. The first-order valence-electron chi connectivity index (χ1n) is 6.43. The van der Waals surface area contributed by atoms with E-state index in [1.807, 2.05) is 24.4 Å². The van der Waals surface area contributed by atoms with E-state index in [0.29, 0.717) is 0 Å². The molecular weight excluding hydrogens is 228 g/mol. The van der Waals surface area contributed by atoms with Crippen LogP contribution < -0.4 is 0 Å². The Labute approximate surface area is 109 Å². The van der Waals surface area contributed by atoms with Gasteiger partial charge >= 0.3 is 0 Å². The second-order valence-electron chi connectivity index (χ2n) is 4.67. The van der Waals surface area contributed by atoms with Gasteiger partial charge in [0.15, 0.2) is 0 Å². The van der Waals surface area contributed by atoms with Gasteiger partial charge in [0, 0.05) is 0 Å². The first-order valence-corrected chi connectivity index (χ1v) is 7.31. The van der Waals surface area contributed by atoms with E-state index in [9.17, 15) is 5.11 Å². The molecule has 94 valence electrons. The van der Waals surface area contributed by atoms with Crippen LogP contribution in [0.3, 0.4) is 0 Å². The fraction of sp³-hybridized carbons (Fsp3) is 0.600. The highest BCUT2D eigenvalue weighted by Crippen LogP contribution is 2.15. The summed E-state index contributed by atoms with van der Waals surface area (Å²) in [5, 5.41) is 12.1. The maximum atomic E-state index is 10.1. The molecule has 0 saturated heterocycles. The molecule has 0 radical (unpaired) electrons. The molecule has 1 heterocycles. The van der Waals surface area contributed by atoms with Crippen LogP contribution in [0.15, 0.2) is 17.5 Å². The topological polar surface area (TPSA) is 20.2 Å². The van der Waals surface area contributed by atoms with Crippen LogP contribution in [0.4, 0.5) is 0 Å². The van der Waals surface area contributed by atoms with Crippen molar-refractivity contribution in [3.05, 3.63) is 22.4 Å². The summed E-state index contributed by atoms with van der Waals surface area (Å²) in [6.45, 7) is 4.02. The maximum absolute atomic E-state index is 10.1. The third-order valence-corrected chi connectivity index (χ3v) is 3.53. The Bertz CT molecular complexity index is 354. The smallest absolute Gasteiger partial charge is 0.123 e. The number of rotatable bonds is 6. The minimum Gasteiger partial charge on any atom is -0.378 e. The lowest BCUT2D eigenvalue weighted by atomic mass is 9.98. The van der Waals surface area contributed by atoms with Crippen LogP contribution in [-0.2, 0) is 0 Å². The molecule has 1 unspecified atom stereocenters. The minimum atomic E-state index is -0.837. The van der Waals surface area contributed by atoms with E-state index >= 15 is 0 Å². The van der Waals surface area contributed by atoms with Gasteiger partial charge < -0.3 is 5.11 Å². The molecular formula is C15H22OS. The van der Waals surface area contributed by atoms with E-state index in [2.05, 4.69) is 18.8 Å².